The van der Waals surface area contributed by atoms with Gasteiger partial charge in [0.25, 0.3) is 0 Å². The monoisotopic (exact) mass is 339 g/mol. The highest BCUT2D eigenvalue weighted by Gasteiger charge is 2.04. The fraction of sp³-hybridized carbons (Fsp3) is 0.167. The largest absolute Gasteiger partial charge is 0.337 e. The Balaban J connectivity index is 1.53. The minimum absolute atomic E-state index is 0.385. The van der Waals surface area contributed by atoms with Crippen LogP contribution in [0, 0.1) is 12.7 Å². The Morgan fingerprint density at radius 2 is 2.04 bits per heavy atom. The molecule has 0 fully saturated rings. The Morgan fingerprint density at radius 3 is 2.80 bits per heavy atom. The number of anilines is 1. The Morgan fingerprint density at radius 1 is 1.20 bits per heavy atom. The van der Waals surface area contributed by atoms with Gasteiger partial charge in [0.1, 0.15) is 5.82 Å². The summed E-state index contributed by atoms with van der Waals surface area (Å²) in [5.41, 5.74) is 2.17. The fourth-order valence-electron chi connectivity index (χ4n) is 2.32. The number of carbonyl (C=O) groups excluding carboxylic acids is 1. The maximum absolute atomic E-state index is 13.1. The Labute approximate surface area is 144 Å². The van der Waals surface area contributed by atoms with Gasteiger partial charge in [0.2, 0.25) is 0 Å². The summed E-state index contributed by atoms with van der Waals surface area (Å²) >= 11 is 0. The maximum Gasteiger partial charge on any atom is 0.319 e. The highest BCUT2D eigenvalue weighted by Crippen LogP contribution is 2.09. The molecule has 1 aromatic carbocycles. The number of aryl methyl sites for hydroxylation is 1. The number of carbonyl (C=O) groups is 1. The second-order valence-electron chi connectivity index (χ2n) is 5.53. The third-order valence-corrected chi connectivity index (χ3v) is 3.50. The summed E-state index contributed by atoms with van der Waals surface area (Å²) in [4.78, 5) is 16.4. The van der Waals surface area contributed by atoms with Crippen molar-refractivity contribution >= 4 is 11.7 Å². The first kappa shape index (κ1) is 16.6. The Bertz CT molecular complexity index is 877. The van der Waals surface area contributed by atoms with Gasteiger partial charge in [-0.25, -0.2) is 18.9 Å². The van der Waals surface area contributed by atoms with E-state index in [1.165, 1.54) is 18.2 Å². The summed E-state index contributed by atoms with van der Waals surface area (Å²) in [6.45, 7) is 2.33. The summed E-state index contributed by atoms with van der Waals surface area (Å²) in [5, 5.41) is 9.64. The zero-order chi connectivity index (χ0) is 17.6. The van der Waals surface area contributed by atoms with Crippen molar-refractivity contribution < 1.29 is 9.18 Å². The number of amides is 2. The molecule has 2 heterocycles. The number of aromatic nitrogens is 3. The number of pyridine rings is 1. The third kappa shape index (κ3) is 4.63. The predicted molar refractivity (Wildman–Crippen MR) is 93.2 cm³/mol. The summed E-state index contributed by atoms with van der Waals surface area (Å²) in [6.07, 6.45) is 2.43. The molecular formula is C18H18FN5O. The lowest BCUT2D eigenvalue weighted by Crippen LogP contribution is -2.30. The van der Waals surface area contributed by atoms with E-state index in [1.807, 2.05) is 37.4 Å². The number of rotatable bonds is 5. The second kappa shape index (κ2) is 7.57. The first-order valence-electron chi connectivity index (χ1n) is 7.89. The normalized spacial score (nSPS) is 10.5. The van der Waals surface area contributed by atoms with Crippen molar-refractivity contribution in [3.8, 4) is 5.82 Å². The van der Waals surface area contributed by atoms with E-state index < -0.39 is 5.82 Å². The Kier molecular flexibility index (Phi) is 5.03. The molecule has 25 heavy (non-hydrogen) atoms. The third-order valence-electron chi connectivity index (χ3n) is 3.50. The van der Waals surface area contributed by atoms with Crippen molar-refractivity contribution in [2.75, 3.05) is 11.9 Å². The molecule has 0 atom stereocenters. The van der Waals surface area contributed by atoms with E-state index in [0.717, 1.165) is 17.2 Å². The number of urea groups is 1. The van der Waals surface area contributed by atoms with Crippen LogP contribution < -0.4 is 10.6 Å². The molecule has 128 valence electrons. The van der Waals surface area contributed by atoms with E-state index in [0.29, 0.717) is 18.7 Å². The quantitative estimate of drug-likeness (QED) is 0.750. The van der Waals surface area contributed by atoms with E-state index in [1.54, 1.807) is 10.7 Å². The lowest BCUT2D eigenvalue weighted by Gasteiger charge is -2.08. The van der Waals surface area contributed by atoms with E-state index in [9.17, 15) is 9.18 Å². The lowest BCUT2D eigenvalue weighted by atomic mass is 10.2. The molecule has 0 aliphatic heterocycles. The van der Waals surface area contributed by atoms with Crippen LogP contribution in [0.4, 0.5) is 14.9 Å². The van der Waals surface area contributed by atoms with Gasteiger partial charge in [0.15, 0.2) is 5.82 Å². The van der Waals surface area contributed by atoms with Gasteiger partial charge in [-0.1, -0.05) is 12.1 Å². The van der Waals surface area contributed by atoms with E-state index in [2.05, 4.69) is 20.7 Å². The number of halogens is 1. The van der Waals surface area contributed by atoms with Gasteiger partial charge in [0.05, 0.1) is 5.69 Å². The number of hydrogen-bond acceptors (Lipinski definition) is 3. The van der Waals surface area contributed by atoms with Crippen LogP contribution in [0.1, 0.15) is 11.4 Å². The minimum atomic E-state index is -0.396. The topological polar surface area (TPSA) is 71.8 Å². The fourth-order valence-corrected chi connectivity index (χ4v) is 2.32. The second-order valence-corrected chi connectivity index (χ2v) is 5.53. The molecule has 0 unspecified atom stereocenters. The van der Waals surface area contributed by atoms with Crippen LogP contribution in [-0.2, 0) is 6.42 Å². The summed E-state index contributed by atoms with van der Waals surface area (Å²) in [7, 11) is 0. The van der Waals surface area contributed by atoms with Gasteiger partial charge in [-0.05, 0) is 43.3 Å². The van der Waals surface area contributed by atoms with Gasteiger partial charge < -0.3 is 10.6 Å². The number of benzene rings is 1. The predicted octanol–water partition coefficient (Wildman–Crippen LogP) is 3.08. The molecule has 7 heteroatoms. The van der Waals surface area contributed by atoms with Crippen molar-refractivity contribution in [1.29, 1.82) is 0 Å². The zero-order valence-corrected chi connectivity index (χ0v) is 13.7. The van der Waals surface area contributed by atoms with Crippen molar-refractivity contribution in [2.24, 2.45) is 0 Å². The van der Waals surface area contributed by atoms with Gasteiger partial charge in [-0.15, -0.1) is 0 Å². The molecule has 3 aromatic rings. The van der Waals surface area contributed by atoms with Crippen LogP contribution in [0.15, 0.2) is 54.7 Å². The molecule has 0 aliphatic carbocycles. The number of hydrogen-bond donors (Lipinski definition) is 2. The lowest BCUT2D eigenvalue weighted by molar-refractivity contribution is 0.252. The maximum atomic E-state index is 13.1. The zero-order valence-electron chi connectivity index (χ0n) is 13.7. The molecule has 2 amide bonds. The van der Waals surface area contributed by atoms with Gasteiger partial charge in [0, 0.05) is 30.5 Å². The van der Waals surface area contributed by atoms with Crippen LogP contribution in [0.25, 0.3) is 5.82 Å². The smallest absolute Gasteiger partial charge is 0.319 e. The standard InChI is InChI=1S/C18H18FN5O/c1-13-9-11-24(23-13)17-7-3-5-15(21-17)8-10-20-18(25)22-16-6-2-4-14(19)12-16/h2-7,9,11-12H,8,10H2,1H3,(H2,20,22,25). The highest BCUT2D eigenvalue weighted by atomic mass is 19.1. The van der Waals surface area contributed by atoms with Gasteiger partial charge in [-0.2, -0.15) is 5.10 Å². The van der Waals surface area contributed by atoms with Crippen LogP contribution in [0.2, 0.25) is 0 Å². The Hall–Kier alpha value is -3.22. The van der Waals surface area contributed by atoms with Crippen molar-refractivity contribution in [3.05, 3.63) is 71.9 Å². The van der Waals surface area contributed by atoms with Crippen LogP contribution in [0.3, 0.4) is 0 Å². The minimum Gasteiger partial charge on any atom is -0.337 e. The molecule has 0 radical (unpaired) electrons. The summed E-state index contributed by atoms with van der Waals surface area (Å²) in [6, 6.07) is 12.9. The van der Waals surface area contributed by atoms with Crippen LogP contribution >= 0.6 is 0 Å². The molecule has 0 aliphatic rings. The molecule has 6 nitrogen and oxygen atoms in total. The SMILES string of the molecule is Cc1ccn(-c2cccc(CCNC(=O)Nc3cccc(F)c3)n2)n1. The molecule has 0 bridgehead atoms. The van der Waals surface area contributed by atoms with E-state index in [-0.39, 0.29) is 6.03 Å². The van der Waals surface area contributed by atoms with Gasteiger partial charge in [-0.3, -0.25) is 0 Å². The first-order chi connectivity index (χ1) is 12.1. The van der Waals surface area contributed by atoms with E-state index in [4.69, 9.17) is 0 Å². The average molecular weight is 339 g/mol. The first-order valence-corrected chi connectivity index (χ1v) is 7.89. The number of nitrogens with zero attached hydrogens (tertiary/aromatic N) is 3. The van der Waals surface area contributed by atoms with Crippen LogP contribution in [-0.4, -0.2) is 27.3 Å². The molecule has 2 N–H and O–H groups in total. The molecule has 0 spiro atoms. The summed E-state index contributed by atoms with van der Waals surface area (Å²) < 4.78 is 14.8. The highest BCUT2D eigenvalue weighted by molar-refractivity contribution is 5.89. The molecular weight excluding hydrogens is 321 g/mol. The molecule has 2 aromatic heterocycles. The van der Waals surface area contributed by atoms with Crippen LogP contribution in [0.5, 0.6) is 0 Å². The van der Waals surface area contributed by atoms with Gasteiger partial charge >= 0.3 is 6.03 Å². The molecule has 3 rings (SSSR count). The average Bonchev–Trinajstić information content (AvgIpc) is 3.02. The molecule has 0 saturated heterocycles. The number of nitrogens with one attached hydrogen (secondary N) is 2. The van der Waals surface area contributed by atoms with Crippen molar-refractivity contribution in [1.82, 2.24) is 20.1 Å². The van der Waals surface area contributed by atoms with Crippen molar-refractivity contribution in [2.45, 2.75) is 13.3 Å². The molecule has 0 saturated carbocycles. The van der Waals surface area contributed by atoms with E-state index >= 15 is 0 Å². The van der Waals surface area contributed by atoms with Crippen molar-refractivity contribution in [3.63, 3.8) is 0 Å². The summed E-state index contributed by atoms with van der Waals surface area (Å²) in [5.74, 6) is 0.336.